The molecule has 0 bridgehead atoms. The fourth-order valence-electron chi connectivity index (χ4n) is 2.11. The second-order valence-corrected chi connectivity index (χ2v) is 4.76. The number of carbonyl (C=O) groups is 2. The molecule has 1 amide bonds. The number of aromatic carboxylic acids is 1. The number of nitrogens with one attached hydrogen (secondary N) is 1. The van der Waals surface area contributed by atoms with E-state index < -0.39 is 11.9 Å². The maximum atomic E-state index is 12.2. The van der Waals surface area contributed by atoms with Crippen LogP contribution in [0.25, 0.3) is 0 Å². The number of anilines is 1. The molecular weight excluding hydrogens is 302 g/mol. The number of carboxylic acids is 1. The van der Waals surface area contributed by atoms with Crippen LogP contribution in [0.4, 0.5) is 5.69 Å². The van der Waals surface area contributed by atoms with E-state index in [9.17, 15) is 9.59 Å². The minimum Gasteiger partial charge on any atom is -0.476 e. The third-order valence-corrected chi connectivity index (χ3v) is 3.15. The summed E-state index contributed by atoms with van der Waals surface area (Å²) in [6, 6.07) is 4.97. The lowest BCUT2D eigenvalue weighted by Gasteiger charge is -2.03. The van der Waals surface area contributed by atoms with E-state index in [1.165, 1.54) is 24.0 Å². The quantitative estimate of drug-likeness (QED) is 0.731. The first-order chi connectivity index (χ1) is 11.0. The van der Waals surface area contributed by atoms with E-state index in [0.29, 0.717) is 12.3 Å². The predicted octanol–water partition coefficient (Wildman–Crippen LogP) is 1.21. The van der Waals surface area contributed by atoms with Gasteiger partial charge in [-0.2, -0.15) is 10.2 Å². The number of carboxylic acid groups (broad SMARTS) is 1. The molecule has 0 aromatic carbocycles. The van der Waals surface area contributed by atoms with E-state index in [1.807, 2.05) is 0 Å². The van der Waals surface area contributed by atoms with Crippen LogP contribution in [-0.4, -0.2) is 36.5 Å². The van der Waals surface area contributed by atoms with Gasteiger partial charge in [0, 0.05) is 19.4 Å². The fourth-order valence-corrected chi connectivity index (χ4v) is 2.11. The van der Waals surface area contributed by atoms with E-state index in [4.69, 9.17) is 9.52 Å². The number of carbonyl (C=O) groups excluding carboxylic acids is 1. The van der Waals surface area contributed by atoms with Gasteiger partial charge in [0.1, 0.15) is 5.76 Å². The first-order valence-electron chi connectivity index (χ1n) is 6.67. The number of hydrogen-bond donors (Lipinski definition) is 2. The number of amides is 1. The molecular formula is C14H13N5O4. The lowest BCUT2D eigenvalue weighted by molar-refractivity contribution is 0.0686. The first kappa shape index (κ1) is 14.6. The number of hydrogen-bond acceptors (Lipinski definition) is 5. The highest BCUT2D eigenvalue weighted by Gasteiger charge is 2.19. The van der Waals surface area contributed by atoms with Crippen molar-refractivity contribution in [2.24, 2.45) is 7.05 Å². The zero-order valence-electron chi connectivity index (χ0n) is 12.1. The zero-order valence-corrected chi connectivity index (χ0v) is 12.1. The van der Waals surface area contributed by atoms with Crippen molar-refractivity contribution in [3.8, 4) is 0 Å². The Kier molecular flexibility index (Phi) is 3.67. The van der Waals surface area contributed by atoms with Gasteiger partial charge in [0.25, 0.3) is 5.91 Å². The Morgan fingerprint density at radius 2 is 2.17 bits per heavy atom. The molecule has 0 aliphatic rings. The number of aromatic nitrogens is 4. The zero-order chi connectivity index (χ0) is 16.4. The highest BCUT2D eigenvalue weighted by Crippen LogP contribution is 2.17. The third kappa shape index (κ3) is 2.98. The maximum Gasteiger partial charge on any atom is 0.356 e. The molecule has 3 aromatic heterocycles. The molecule has 23 heavy (non-hydrogen) atoms. The Bertz CT molecular complexity index is 847. The van der Waals surface area contributed by atoms with Crippen LogP contribution in [0, 0.1) is 0 Å². The molecule has 0 saturated heterocycles. The van der Waals surface area contributed by atoms with Crippen molar-refractivity contribution in [3.05, 3.63) is 54.0 Å². The highest BCUT2D eigenvalue weighted by molar-refractivity contribution is 6.05. The molecule has 9 heteroatoms. The van der Waals surface area contributed by atoms with Crippen LogP contribution in [0.1, 0.15) is 26.8 Å². The van der Waals surface area contributed by atoms with Crippen molar-refractivity contribution in [1.29, 1.82) is 0 Å². The van der Waals surface area contributed by atoms with E-state index >= 15 is 0 Å². The van der Waals surface area contributed by atoms with Gasteiger partial charge in [0.15, 0.2) is 11.5 Å². The van der Waals surface area contributed by atoms with E-state index in [-0.39, 0.29) is 17.1 Å². The summed E-state index contributed by atoms with van der Waals surface area (Å²) in [4.78, 5) is 23.3. The van der Waals surface area contributed by atoms with E-state index in [0.717, 1.165) is 0 Å². The smallest absolute Gasteiger partial charge is 0.356 e. The molecule has 0 radical (unpaired) electrons. The minimum absolute atomic E-state index is 0.0762. The summed E-state index contributed by atoms with van der Waals surface area (Å²) >= 11 is 0. The van der Waals surface area contributed by atoms with Crippen molar-refractivity contribution < 1.29 is 19.1 Å². The van der Waals surface area contributed by atoms with Gasteiger partial charge in [-0.25, -0.2) is 4.79 Å². The Hall–Kier alpha value is -3.36. The average molecular weight is 315 g/mol. The van der Waals surface area contributed by atoms with Crippen LogP contribution in [0.15, 0.2) is 41.2 Å². The summed E-state index contributed by atoms with van der Waals surface area (Å²) in [5.41, 5.74) is -0.00306. The van der Waals surface area contributed by atoms with Crippen molar-refractivity contribution >= 4 is 17.6 Å². The topological polar surface area (TPSA) is 115 Å². The summed E-state index contributed by atoms with van der Waals surface area (Å²) in [5, 5.41) is 19.5. The van der Waals surface area contributed by atoms with Crippen LogP contribution < -0.4 is 5.32 Å². The number of rotatable bonds is 5. The van der Waals surface area contributed by atoms with E-state index in [1.54, 1.807) is 29.2 Å². The van der Waals surface area contributed by atoms with Crippen LogP contribution >= 0.6 is 0 Å². The number of nitrogens with zero attached hydrogens (tertiary/aromatic N) is 4. The molecule has 0 aliphatic heterocycles. The van der Waals surface area contributed by atoms with Crippen LogP contribution in [0.5, 0.6) is 0 Å². The van der Waals surface area contributed by atoms with Crippen LogP contribution in [0.2, 0.25) is 0 Å². The lowest BCUT2D eigenvalue weighted by atomic mass is 10.3. The van der Waals surface area contributed by atoms with Gasteiger partial charge in [0.2, 0.25) is 0 Å². The lowest BCUT2D eigenvalue weighted by Crippen LogP contribution is -2.15. The fraction of sp³-hybridized carbons (Fsp3) is 0.143. The van der Waals surface area contributed by atoms with Gasteiger partial charge < -0.3 is 14.8 Å². The summed E-state index contributed by atoms with van der Waals surface area (Å²) in [6.45, 7) is 0.396. The number of furan rings is 1. The molecule has 3 rings (SSSR count). The number of aryl methyl sites for hydroxylation is 1. The van der Waals surface area contributed by atoms with Crippen molar-refractivity contribution in [2.75, 3.05) is 5.32 Å². The van der Waals surface area contributed by atoms with Gasteiger partial charge in [-0.05, 0) is 18.2 Å². The third-order valence-electron chi connectivity index (χ3n) is 3.15. The van der Waals surface area contributed by atoms with Crippen LogP contribution in [0.3, 0.4) is 0 Å². The Morgan fingerprint density at radius 1 is 1.35 bits per heavy atom. The predicted molar refractivity (Wildman–Crippen MR) is 78.2 cm³/mol. The molecule has 0 unspecified atom stereocenters. The minimum atomic E-state index is -1.18. The Morgan fingerprint density at radius 3 is 2.87 bits per heavy atom. The van der Waals surface area contributed by atoms with Crippen molar-refractivity contribution in [1.82, 2.24) is 19.6 Å². The van der Waals surface area contributed by atoms with Gasteiger partial charge in [-0.15, -0.1) is 0 Å². The molecule has 0 saturated carbocycles. The monoisotopic (exact) mass is 315 g/mol. The second-order valence-electron chi connectivity index (χ2n) is 4.76. The van der Waals surface area contributed by atoms with Gasteiger partial charge in [0.05, 0.1) is 18.4 Å². The molecule has 0 spiro atoms. The Balaban J connectivity index is 1.74. The molecule has 0 atom stereocenters. The first-order valence-corrected chi connectivity index (χ1v) is 6.67. The molecule has 0 aliphatic carbocycles. The molecule has 0 fully saturated rings. The molecule has 3 heterocycles. The van der Waals surface area contributed by atoms with Crippen LogP contribution in [-0.2, 0) is 13.6 Å². The maximum absolute atomic E-state index is 12.2. The summed E-state index contributed by atoms with van der Waals surface area (Å²) in [6.07, 6.45) is 4.69. The average Bonchev–Trinajstić information content (AvgIpc) is 3.21. The van der Waals surface area contributed by atoms with Crippen molar-refractivity contribution in [3.63, 3.8) is 0 Å². The summed E-state index contributed by atoms with van der Waals surface area (Å²) < 4.78 is 8.28. The largest absolute Gasteiger partial charge is 0.476 e. The summed E-state index contributed by atoms with van der Waals surface area (Å²) in [5.74, 6) is -1.10. The van der Waals surface area contributed by atoms with Crippen molar-refractivity contribution in [2.45, 2.75) is 6.54 Å². The standard InChI is InChI=1S/C14H13N5O4/c1-18-12(14(21)22)10(7-16-18)17-13(20)11-4-3-9(23-11)8-19-6-2-5-15-19/h2-7H,8H2,1H3,(H,17,20)(H,21,22). The SMILES string of the molecule is Cn1ncc(NC(=O)c2ccc(Cn3cccn3)o2)c1C(=O)O. The van der Waals surface area contributed by atoms with Gasteiger partial charge >= 0.3 is 5.97 Å². The second kappa shape index (κ2) is 5.79. The highest BCUT2D eigenvalue weighted by atomic mass is 16.4. The molecule has 9 nitrogen and oxygen atoms in total. The molecule has 3 aromatic rings. The van der Waals surface area contributed by atoms with E-state index in [2.05, 4.69) is 15.5 Å². The Labute approximate surface area is 130 Å². The molecule has 118 valence electrons. The molecule has 2 N–H and O–H groups in total. The van der Waals surface area contributed by atoms with Gasteiger partial charge in [-0.1, -0.05) is 0 Å². The summed E-state index contributed by atoms with van der Waals surface area (Å²) in [7, 11) is 1.48. The van der Waals surface area contributed by atoms with Gasteiger partial charge in [-0.3, -0.25) is 14.2 Å². The normalized spacial score (nSPS) is 10.7.